The number of carbonyl (C=O) groups is 4. The van der Waals surface area contributed by atoms with Gasteiger partial charge in [0.25, 0.3) is 5.91 Å². The Labute approximate surface area is 170 Å². The Morgan fingerprint density at radius 3 is 2.76 bits per heavy atom. The van der Waals surface area contributed by atoms with Crippen molar-refractivity contribution in [2.45, 2.75) is 11.4 Å². The number of nitrogens with one attached hydrogen (secondary N) is 2. The highest BCUT2D eigenvalue weighted by molar-refractivity contribution is 8.00. The van der Waals surface area contributed by atoms with Gasteiger partial charge in [0, 0.05) is 18.0 Å². The summed E-state index contributed by atoms with van der Waals surface area (Å²) in [5.41, 5.74) is 0.245. The van der Waals surface area contributed by atoms with Crippen LogP contribution in [0, 0.1) is 0 Å². The van der Waals surface area contributed by atoms with E-state index in [9.17, 15) is 19.2 Å². The van der Waals surface area contributed by atoms with Gasteiger partial charge in [-0.2, -0.15) is 0 Å². The van der Waals surface area contributed by atoms with Gasteiger partial charge in [-0.25, -0.2) is 9.59 Å². The van der Waals surface area contributed by atoms with Crippen LogP contribution in [0.15, 0.2) is 52.0 Å². The second-order valence-corrected chi connectivity index (χ2v) is 7.01. The number of rotatable bonds is 8. The number of nitrogens with zero attached hydrogens (tertiary/aromatic N) is 1. The Hall–Kier alpha value is -3.27. The maximum Gasteiger partial charge on any atom is 0.339 e. The molecule has 10 heteroatoms. The number of furan rings is 1. The van der Waals surface area contributed by atoms with Gasteiger partial charge in [0.05, 0.1) is 24.1 Å². The molecule has 2 N–H and O–H groups in total. The average molecular weight is 417 g/mol. The molecule has 0 atom stereocenters. The molecule has 4 amide bonds. The molecule has 29 heavy (non-hydrogen) atoms. The number of ether oxygens (including phenoxy) is 1. The monoisotopic (exact) mass is 417 g/mol. The van der Waals surface area contributed by atoms with Crippen molar-refractivity contribution in [3.05, 3.63) is 54.0 Å². The van der Waals surface area contributed by atoms with E-state index in [4.69, 9.17) is 9.15 Å². The molecule has 0 unspecified atom stereocenters. The van der Waals surface area contributed by atoms with Gasteiger partial charge in [0.2, 0.25) is 5.91 Å². The molecule has 1 aromatic heterocycles. The highest BCUT2D eigenvalue weighted by atomic mass is 32.2. The van der Waals surface area contributed by atoms with Gasteiger partial charge < -0.3 is 19.8 Å². The van der Waals surface area contributed by atoms with Gasteiger partial charge in [-0.3, -0.25) is 14.5 Å². The van der Waals surface area contributed by atoms with Gasteiger partial charge in [-0.05, 0) is 24.3 Å². The number of carbonyl (C=O) groups excluding carboxylic acids is 4. The second-order valence-electron chi connectivity index (χ2n) is 5.99. The van der Waals surface area contributed by atoms with Gasteiger partial charge in [-0.1, -0.05) is 12.1 Å². The third-order valence-corrected chi connectivity index (χ3v) is 5.06. The normalized spacial score (nSPS) is 13.1. The molecule has 1 aromatic carbocycles. The minimum Gasteiger partial charge on any atom is -0.467 e. The zero-order valence-corrected chi connectivity index (χ0v) is 16.2. The summed E-state index contributed by atoms with van der Waals surface area (Å²) in [6, 6.07) is 9.63. The number of esters is 1. The largest absolute Gasteiger partial charge is 0.467 e. The van der Waals surface area contributed by atoms with Crippen LogP contribution in [0.25, 0.3) is 0 Å². The van der Waals surface area contributed by atoms with Crippen molar-refractivity contribution in [3.63, 3.8) is 0 Å². The Morgan fingerprint density at radius 1 is 1.21 bits per heavy atom. The van der Waals surface area contributed by atoms with Crippen LogP contribution >= 0.6 is 11.8 Å². The standard InChI is InChI=1S/C19H19N3O6S/c23-16(21-10-13-4-3-9-27-13)12-29-15-6-2-1-5-14(15)18(25)28-11-17(24)22-8-7-20-19(22)26/h1-6,9H,7-8,10-12H2,(H,20,26)(H,21,23). The van der Waals surface area contributed by atoms with Gasteiger partial charge in [-0.15, -0.1) is 11.8 Å². The van der Waals surface area contributed by atoms with E-state index in [0.29, 0.717) is 17.2 Å². The summed E-state index contributed by atoms with van der Waals surface area (Å²) in [6.45, 7) is 0.367. The van der Waals surface area contributed by atoms with Crippen LogP contribution in [0.1, 0.15) is 16.1 Å². The zero-order valence-electron chi connectivity index (χ0n) is 15.4. The molecule has 1 aliphatic heterocycles. The van der Waals surface area contributed by atoms with E-state index in [1.807, 2.05) is 0 Å². The maximum absolute atomic E-state index is 12.4. The molecule has 2 aromatic rings. The fourth-order valence-electron chi connectivity index (χ4n) is 2.55. The number of hydrogen-bond donors (Lipinski definition) is 2. The number of urea groups is 1. The highest BCUT2D eigenvalue weighted by Crippen LogP contribution is 2.23. The topological polar surface area (TPSA) is 118 Å². The fraction of sp³-hybridized carbons (Fsp3) is 0.263. The van der Waals surface area contributed by atoms with Gasteiger partial charge >= 0.3 is 12.0 Å². The van der Waals surface area contributed by atoms with Crippen LogP contribution in [-0.2, 0) is 20.9 Å². The molecule has 1 aliphatic rings. The lowest BCUT2D eigenvalue weighted by atomic mass is 10.2. The molecule has 0 saturated carbocycles. The summed E-state index contributed by atoms with van der Waals surface area (Å²) >= 11 is 1.18. The number of thioether (sulfide) groups is 1. The van der Waals surface area contributed by atoms with E-state index in [1.54, 1.807) is 36.4 Å². The lowest BCUT2D eigenvalue weighted by molar-refractivity contribution is -0.130. The number of hydrogen-bond acceptors (Lipinski definition) is 7. The average Bonchev–Trinajstić information content (AvgIpc) is 3.40. The Bertz CT molecular complexity index is 899. The number of imide groups is 1. The number of benzene rings is 1. The van der Waals surface area contributed by atoms with Crippen LogP contribution < -0.4 is 10.6 Å². The summed E-state index contributed by atoms with van der Waals surface area (Å²) < 4.78 is 10.2. The third kappa shape index (κ3) is 5.61. The maximum atomic E-state index is 12.4. The van der Waals surface area contributed by atoms with Crippen molar-refractivity contribution in [1.29, 1.82) is 0 Å². The molecule has 2 heterocycles. The van der Waals surface area contributed by atoms with Gasteiger partial charge in [0.1, 0.15) is 5.76 Å². The smallest absolute Gasteiger partial charge is 0.339 e. The quantitative estimate of drug-likeness (QED) is 0.492. The van der Waals surface area contributed by atoms with Crippen LogP contribution in [0.3, 0.4) is 0 Å². The fourth-order valence-corrected chi connectivity index (χ4v) is 3.42. The van der Waals surface area contributed by atoms with Crippen molar-refractivity contribution in [1.82, 2.24) is 15.5 Å². The summed E-state index contributed by atoms with van der Waals surface area (Å²) in [5.74, 6) is -0.765. The first-order chi connectivity index (χ1) is 14.0. The molecule has 0 aliphatic carbocycles. The highest BCUT2D eigenvalue weighted by Gasteiger charge is 2.27. The molecule has 1 saturated heterocycles. The molecule has 152 valence electrons. The SMILES string of the molecule is O=C(CSc1ccccc1C(=O)OCC(=O)N1CCNC1=O)NCc1ccco1. The van der Waals surface area contributed by atoms with Crippen molar-refractivity contribution >= 4 is 35.6 Å². The second kappa shape index (κ2) is 9.78. The van der Waals surface area contributed by atoms with Gasteiger partial charge in [0.15, 0.2) is 6.61 Å². The summed E-state index contributed by atoms with van der Waals surface area (Å²) in [4.78, 5) is 49.4. The van der Waals surface area contributed by atoms with E-state index in [1.165, 1.54) is 18.0 Å². The third-order valence-electron chi connectivity index (χ3n) is 3.99. The Kier molecular flexibility index (Phi) is 6.90. The molecule has 9 nitrogen and oxygen atoms in total. The first-order valence-corrected chi connectivity index (χ1v) is 9.79. The molecular weight excluding hydrogens is 398 g/mol. The van der Waals surface area contributed by atoms with E-state index >= 15 is 0 Å². The van der Waals surface area contributed by atoms with E-state index in [-0.39, 0.29) is 30.3 Å². The number of amides is 4. The van der Waals surface area contributed by atoms with Crippen LogP contribution in [0.2, 0.25) is 0 Å². The summed E-state index contributed by atoms with van der Waals surface area (Å²) in [5, 5.41) is 5.23. The van der Waals surface area contributed by atoms with Crippen LogP contribution in [0.4, 0.5) is 4.79 Å². The minimum absolute atomic E-state index is 0.0951. The molecule has 3 rings (SSSR count). The zero-order chi connectivity index (χ0) is 20.6. The Morgan fingerprint density at radius 2 is 2.03 bits per heavy atom. The summed E-state index contributed by atoms with van der Waals surface area (Å²) in [6.07, 6.45) is 1.53. The predicted octanol–water partition coefficient (Wildman–Crippen LogP) is 1.40. The summed E-state index contributed by atoms with van der Waals surface area (Å²) in [7, 11) is 0. The lowest BCUT2D eigenvalue weighted by Gasteiger charge is -2.13. The minimum atomic E-state index is -0.697. The Balaban J connectivity index is 1.51. The first-order valence-electron chi connectivity index (χ1n) is 8.81. The predicted molar refractivity (Wildman–Crippen MR) is 103 cm³/mol. The van der Waals surface area contributed by atoms with E-state index in [2.05, 4.69) is 10.6 Å². The van der Waals surface area contributed by atoms with E-state index < -0.39 is 24.5 Å². The molecule has 0 spiro atoms. The lowest BCUT2D eigenvalue weighted by Crippen LogP contribution is -2.37. The van der Waals surface area contributed by atoms with Crippen molar-refractivity contribution < 1.29 is 28.3 Å². The molecule has 1 fully saturated rings. The van der Waals surface area contributed by atoms with Crippen LogP contribution in [-0.4, -0.2) is 54.2 Å². The molecule has 0 radical (unpaired) electrons. The molecule has 0 bridgehead atoms. The van der Waals surface area contributed by atoms with Crippen molar-refractivity contribution in [3.8, 4) is 0 Å². The van der Waals surface area contributed by atoms with E-state index in [0.717, 1.165) is 4.90 Å². The van der Waals surface area contributed by atoms with Crippen LogP contribution in [0.5, 0.6) is 0 Å². The molecular formula is C19H19N3O6S. The van der Waals surface area contributed by atoms with Crippen molar-refractivity contribution in [2.24, 2.45) is 0 Å². The first kappa shape index (κ1) is 20.5. The van der Waals surface area contributed by atoms with Crippen molar-refractivity contribution in [2.75, 3.05) is 25.4 Å².